The predicted molar refractivity (Wildman–Crippen MR) is 89.2 cm³/mol. The molecule has 1 aliphatic rings. The normalized spacial score (nSPS) is 15.8. The largest absolute Gasteiger partial charge is 0.481 e. The fourth-order valence-electron chi connectivity index (χ4n) is 2.82. The highest BCUT2D eigenvalue weighted by molar-refractivity contribution is 5.41. The molecular weight excluding hydrogens is 349 g/mol. The van der Waals surface area contributed by atoms with Crippen LogP contribution >= 0.6 is 0 Å². The number of methoxy groups -OCH3 is 1. The number of hydrogen-bond donors (Lipinski definition) is 1. The third kappa shape index (κ3) is 4.30. The molecule has 2 aromatic rings. The number of piperidine rings is 1. The average molecular weight is 368 g/mol. The minimum atomic E-state index is -4.48. The molecule has 2 aromatic heterocycles. The Morgan fingerprint density at radius 2 is 1.92 bits per heavy atom. The second kappa shape index (κ2) is 7.30. The van der Waals surface area contributed by atoms with Gasteiger partial charge in [0.2, 0.25) is 11.8 Å². The summed E-state index contributed by atoms with van der Waals surface area (Å²) in [6.45, 7) is 2.62. The number of nitrogens with zero attached hydrogens (tertiary/aromatic N) is 5. The number of rotatable bonds is 4. The van der Waals surface area contributed by atoms with Crippen LogP contribution in [0.5, 0.6) is 5.88 Å². The molecule has 140 valence electrons. The molecule has 1 N–H and O–H groups in total. The second-order valence-corrected chi connectivity index (χ2v) is 5.98. The topological polar surface area (TPSA) is 76.1 Å². The number of anilines is 2. The fourth-order valence-corrected chi connectivity index (χ4v) is 2.82. The van der Waals surface area contributed by atoms with E-state index in [1.54, 1.807) is 12.3 Å². The van der Waals surface area contributed by atoms with Gasteiger partial charge in [0, 0.05) is 37.5 Å². The van der Waals surface area contributed by atoms with Gasteiger partial charge in [0.1, 0.15) is 17.3 Å². The Bertz CT molecular complexity index is 762. The Morgan fingerprint density at radius 1 is 1.19 bits per heavy atom. The maximum absolute atomic E-state index is 12.9. The van der Waals surface area contributed by atoms with Gasteiger partial charge in [0.15, 0.2) is 0 Å². The fraction of sp³-hybridized carbons (Fsp3) is 0.500. The van der Waals surface area contributed by atoms with Gasteiger partial charge in [-0.1, -0.05) is 0 Å². The quantitative estimate of drug-likeness (QED) is 0.889. The van der Waals surface area contributed by atoms with Crippen LogP contribution in [-0.4, -0.2) is 46.2 Å². The predicted octanol–water partition coefficient (Wildman–Crippen LogP) is 2.68. The summed E-state index contributed by atoms with van der Waals surface area (Å²) in [5.74, 6) is 1.36. The van der Waals surface area contributed by atoms with E-state index < -0.39 is 11.9 Å². The molecule has 3 heterocycles. The summed E-state index contributed by atoms with van der Waals surface area (Å²) in [6, 6.07) is 2.79. The zero-order valence-electron chi connectivity index (χ0n) is 14.4. The first-order valence-electron chi connectivity index (χ1n) is 8.16. The van der Waals surface area contributed by atoms with E-state index in [0.29, 0.717) is 30.7 Å². The van der Waals surface area contributed by atoms with Crippen molar-refractivity contribution in [2.75, 3.05) is 30.4 Å². The monoisotopic (exact) mass is 368 g/mol. The van der Waals surface area contributed by atoms with E-state index in [1.807, 2.05) is 4.90 Å². The molecule has 0 atom stereocenters. The van der Waals surface area contributed by atoms with Gasteiger partial charge in [0.05, 0.1) is 7.11 Å². The van der Waals surface area contributed by atoms with Crippen LogP contribution in [0.25, 0.3) is 0 Å². The number of nitrogens with one attached hydrogen (secondary N) is 1. The van der Waals surface area contributed by atoms with Crippen molar-refractivity contribution in [2.45, 2.75) is 32.0 Å². The Morgan fingerprint density at radius 3 is 2.58 bits per heavy atom. The van der Waals surface area contributed by atoms with E-state index in [0.717, 1.165) is 18.9 Å². The lowest BCUT2D eigenvalue weighted by Crippen LogP contribution is -2.40. The molecule has 1 fully saturated rings. The van der Waals surface area contributed by atoms with E-state index >= 15 is 0 Å². The first kappa shape index (κ1) is 18.2. The molecule has 1 saturated heterocycles. The molecule has 10 heteroatoms. The Labute approximate surface area is 148 Å². The summed E-state index contributed by atoms with van der Waals surface area (Å²) in [6.07, 6.45) is -1.42. The maximum Gasteiger partial charge on any atom is 0.433 e. The lowest BCUT2D eigenvalue weighted by atomic mass is 10.1. The van der Waals surface area contributed by atoms with Gasteiger partial charge in [-0.05, 0) is 19.8 Å². The van der Waals surface area contributed by atoms with Crippen molar-refractivity contribution < 1.29 is 17.9 Å². The van der Waals surface area contributed by atoms with Gasteiger partial charge in [-0.3, -0.25) is 0 Å². The van der Waals surface area contributed by atoms with Crippen LogP contribution < -0.4 is 15.0 Å². The van der Waals surface area contributed by atoms with Gasteiger partial charge >= 0.3 is 6.18 Å². The van der Waals surface area contributed by atoms with Gasteiger partial charge in [-0.25, -0.2) is 15.0 Å². The Balaban J connectivity index is 1.64. The standard InChI is InChI=1S/C16H19F3N6O/c1-10-21-12(16(17,18)19)9-13(22-10)25-7-4-11(5-8-25)23-15-20-6-3-14(24-15)26-2/h3,6,9,11H,4-5,7-8H2,1-2H3,(H,20,23,24). The number of alkyl halides is 3. The summed E-state index contributed by atoms with van der Waals surface area (Å²) in [7, 11) is 1.53. The minimum Gasteiger partial charge on any atom is -0.481 e. The molecule has 0 aromatic carbocycles. The number of hydrogen-bond acceptors (Lipinski definition) is 7. The van der Waals surface area contributed by atoms with Crippen LogP contribution in [0.15, 0.2) is 18.3 Å². The first-order chi connectivity index (χ1) is 12.3. The molecule has 26 heavy (non-hydrogen) atoms. The summed E-state index contributed by atoms with van der Waals surface area (Å²) >= 11 is 0. The first-order valence-corrected chi connectivity index (χ1v) is 8.16. The third-order valence-corrected chi connectivity index (χ3v) is 4.11. The third-order valence-electron chi connectivity index (χ3n) is 4.11. The molecule has 0 bridgehead atoms. The molecule has 0 amide bonds. The molecule has 0 spiro atoms. The van der Waals surface area contributed by atoms with Gasteiger partial charge in [-0.2, -0.15) is 18.2 Å². The number of aromatic nitrogens is 4. The molecule has 0 aliphatic carbocycles. The van der Waals surface area contributed by atoms with Crippen LogP contribution in [0, 0.1) is 6.92 Å². The van der Waals surface area contributed by atoms with Crippen LogP contribution in [-0.2, 0) is 6.18 Å². The van der Waals surface area contributed by atoms with E-state index in [1.165, 1.54) is 14.0 Å². The van der Waals surface area contributed by atoms with Crippen LogP contribution in [0.2, 0.25) is 0 Å². The van der Waals surface area contributed by atoms with Crippen molar-refractivity contribution in [3.8, 4) is 5.88 Å². The highest BCUT2D eigenvalue weighted by Crippen LogP contribution is 2.30. The molecule has 0 unspecified atom stereocenters. The highest BCUT2D eigenvalue weighted by Gasteiger charge is 2.34. The van der Waals surface area contributed by atoms with Crippen LogP contribution in [0.3, 0.4) is 0 Å². The number of aryl methyl sites for hydroxylation is 1. The number of ether oxygens (including phenoxy) is 1. The molecule has 0 radical (unpaired) electrons. The Kier molecular flexibility index (Phi) is 5.10. The van der Waals surface area contributed by atoms with Crippen molar-refractivity contribution in [1.29, 1.82) is 0 Å². The van der Waals surface area contributed by atoms with Crippen LogP contribution in [0.1, 0.15) is 24.4 Å². The van der Waals surface area contributed by atoms with Crippen LogP contribution in [0.4, 0.5) is 24.9 Å². The van der Waals surface area contributed by atoms with Crippen molar-refractivity contribution in [3.05, 3.63) is 29.8 Å². The lowest BCUT2D eigenvalue weighted by molar-refractivity contribution is -0.141. The smallest absolute Gasteiger partial charge is 0.433 e. The highest BCUT2D eigenvalue weighted by atomic mass is 19.4. The molecule has 3 rings (SSSR count). The molecular formula is C16H19F3N6O. The summed E-state index contributed by atoms with van der Waals surface area (Å²) in [5, 5.41) is 3.23. The van der Waals surface area contributed by atoms with Crippen molar-refractivity contribution in [3.63, 3.8) is 0 Å². The van der Waals surface area contributed by atoms with Crippen molar-refractivity contribution in [1.82, 2.24) is 19.9 Å². The zero-order valence-corrected chi connectivity index (χ0v) is 14.4. The van der Waals surface area contributed by atoms with Gasteiger partial charge in [0.25, 0.3) is 0 Å². The SMILES string of the molecule is COc1ccnc(NC2CCN(c3cc(C(F)(F)F)nc(C)n3)CC2)n1. The van der Waals surface area contributed by atoms with Gasteiger partial charge in [-0.15, -0.1) is 0 Å². The Hall–Kier alpha value is -2.65. The minimum absolute atomic E-state index is 0.111. The molecule has 7 nitrogen and oxygen atoms in total. The van der Waals surface area contributed by atoms with E-state index in [-0.39, 0.29) is 11.9 Å². The van der Waals surface area contributed by atoms with Gasteiger partial charge < -0.3 is 15.0 Å². The van der Waals surface area contributed by atoms with Crippen molar-refractivity contribution >= 4 is 11.8 Å². The van der Waals surface area contributed by atoms with Crippen molar-refractivity contribution in [2.24, 2.45) is 0 Å². The summed E-state index contributed by atoms with van der Waals surface area (Å²) in [4.78, 5) is 17.8. The number of halogens is 3. The average Bonchev–Trinajstić information content (AvgIpc) is 2.61. The molecule has 1 aliphatic heterocycles. The van der Waals surface area contributed by atoms with E-state index in [2.05, 4.69) is 25.3 Å². The zero-order chi connectivity index (χ0) is 18.7. The van der Waals surface area contributed by atoms with E-state index in [9.17, 15) is 13.2 Å². The summed E-state index contributed by atoms with van der Waals surface area (Å²) < 4.78 is 43.9. The molecule has 0 saturated carbocycles. The second-order valence-electron chi connectivity index (χ2n) is 5.98. The lowest BCUT2D eigenvalue weighted by Gasteiger charge is -2.33. The van der Waals surface area contributed by atoms with E-state index in [4.69, 9.17) is 4.74 Å². The summed E-state index contributed by atoms with van der Waals surface area (Å²) in [5.41, 5.74) is -0.912. The maximum atomic E-state index is 12.9.